The van der Waals surface area contributed by atoms with E-state index < -0.39 is 28.2 Å². The Kier molecular flexibility index (Phi) is 4.99. The second kappa shape index (κ2) is 7.37. The zero-order chi connectivity index (χ0) is 21.6. The Labute approximate surface area is 174 Å². The van der Waals surface area contributed by atoms with Crippen LogP contribution >= 0.6 is 0 Å². The van der Waals surface area contributed by atoms with Crippen molar-refractivity contribution in [1.29, 1.82) is 0 Å². The van der Waals surface area contributed by atoms with Crippen LogP contribution in [0.25, 0.3) is 0 Å². The Balaban J connectivity index is 1.89. The third kappa shape index (κ3) is 2.86. The minimum absolute atomic E-state index is 0.0516. The molecule has 3 aliphatic heterocycles. The third-order valence-corrected chi connectivity index (χ3v) is 6.85. The zero-order valence-electron chi connectivity index (χ0n) is 17.2. The van der Waals surface area contributed by atoms with Crippen LogP contribution in [0.2, 0.25) is 0 Å². The number of anilines is 1. The fourth-order valence-corrected chi connectivity index (χ4v) is 5.14. The van der Waals surface area contributed by atoms with Crippen LogP contribution in [0.4, 0.5) is 16.2 Å². The molecule has 0 aromatic heterocycles. The van der Waals surface area contributed by atoms with Crippen molar-refractivity contribution < 1.29 is 19.3 Å². The number of urea groups is 1. The molecule has 1 aromatic rings. The molecule has 0 aliphatic carbocycles. The monoisotopic (exact) mass is 414 g/mol. The van der Waals surface area contributed by atoms with Crippen LogP contribution in [-0.2, 0) is 16.0 Å². The number of non-ortho nitro benzene ring substituents is 1. The minimum atomic E-state index is -1.47. The Hall–Kier alpha value is -2.97. The number of fused-ring (bicyclic) bond motifs is 4. The zero-order valence-corrected chi connectivity index (χ0v) is 17.2. The fourth-order valence-electron chi connectivity index (χ4n) is 5.14. The first kappa shape index (κ1) is 20.3. The van der Waals surface area contributed by atoms with Gasteiger partial charge in [-0.3, -0.25) is 29.9 Å². The Morgan fingerprint density at radius 1 is 1.27 bits per heavy atom. The number of carbonyl (C=O) groups excluding carboxylic acids is 3. The first-order valence-electron chi connectivity index (χ1n) is 10.5. The number of benzene rings is 1. The van der Waals surface area contributed by atoms with E-state index in [0.29, 0.717) is 24.9 Å². The van der Waals surface area contributed by atoms with E-state index in [-0.39, 0.29) is 24.2 Å². The van der Waals surface area contributed by atoms with Gasteiger partial charge in [-0.2, -0.15) is 0 Å². The van der Waals surface area contributed by atoms with Crippen LogP contribution < -0.4 is 10.2 Å². The standard InChI is InChI=1S/C21H26N4O5/c1-3-13(2)24-19(27)21(18(26)22-20(24)28)12-14-11-15(25(29)30)8-9-16(14)23-10-6-4-5-7-17(21)23/h8-9,11,13,17H,3-7,10,12H2,1-2H3,(H,22,26,28)/t13-,17+,21-/m0/s1. The van der Waals surface area contributed by atoms with Crippen molar-refractivity contribution in [3.8, 4) is 0 Å². The van der Waals surface area contributed by atoms with Gasteiger partial charge in [-0.1, -0.05) is 19.8 Å². The molecular formula is C21H26N4O5. The molecule has 9 heteroatoms. The number of imide groups is 2. The molecule has 4 amide bonds. The highest BCUT2D eigenvalue weighted by molar-refractivity contribution is 6.20. The normalized spacial score (nSPS) is 27.3. The van der Waals surface area contributed by atoms with Crippen LogP contribution in [0.1, 0.15) is 51.5 Å². The topological polar surface area (TPSA) is 113 Å². The van der Waals surface area contributed by atoms with Crippen LogP contribution in [-0.4, -0.2) is 46.3 Å². The molecule has 0 radical (unpaired) electrons. The Morgan fingerprint density at radius 2 is 2.03 bits per heavy atom. The van der Waals surface area contributed by atoms with Crippen molar-refractivity contribution in [3.63, 3.8) is 0 Å². The van der Waals surface area contributed by atoms with E-state index >= 15 is 0 Å². The molecule has 3 aliphatic rings. The molecule has 1 N–H and O–H groups in total. The third-order valence-electron chi connectivity index (χ3n) is 6.85. The summed E-state index contributed by atoms with van der Waals surface area (Å²) in [6, 6.07) is 3.23. The predicted octanol–water partition coefficient (Wildman–Crippen LogP) is 2.76. The van der Waals surface area contributed by atoms with Crippen molar-refractivity contribution in [1.82, 2.24) is 10.2 Å². The number of nitro benzene ring substituents is 1. The summed E-state index contributed by atoms with van der Waals surface area (Å²) in [5.74, 6) is -1.08. The molecule has 2 saturated heterocycles. The van der Waals surface area contributed by atoms with E-state index in [4.69, 9.17) is 0 Å². The lowest BCUT2D eigenvalue weighted by atomic mass is 9.67. The van der Waals surface area contributed by atoms with Crippen molar-refractivity contribution in [3.05, 3.63) is 33.9 Å². The Bertz CT molecular complexity index is 932. The highest BCUT2D eigenvalue weighted by Gasteiger charge is 2.62. The number of nitrogens with zero attached hydrogens (tertiary/aromatic N) is 3. The molecule has 3 heterocycles. The molecule has 9 nitrogen and oxygen atoms in total. The average Bonchev–Trinajstić information content (AvgIpc) is 2.98. The van der Waals surface area contributed by atoms with E-state index in [1.165, 1.54) is 17.0 Å². The predicted molar refractivity (Wildman–Crippen MR) is 109 cm³/mol. The summed E-state index contributed by atoms with van der Waals surface area (Å²) in [5.41, 5.74) is -0.102. The molecule has 0 unspecified atom stereocenters. The van der Waals surface area contributed by atoms with Gasteiger partial charge in [0.25, 0.3) is 5.69 Å². The van der Waals surface area contributed by atoms with E-state index in [2.05, 4.69) is 10.2 Å². The van der Waals surface area contributed by atoms with Gasteiger partial charge in [0.2, 0.25) is 11.8 Å². The summed E-state index contributed by atoms with van der Waals surface area (Å²) in [6.45, 7) is 4.33. The fraction of sp³-hybridized carbons (Fsp3) is 0.571. The molecule has 30 heavy (non-hydrogen) atoms. The minimum Gasteiger partial charge on any atom is -0.367 e. The van der Waals surface area contributed by atoms with Gasteiger partial charge in [0.15, 0.2) is 5.41 Å². The summed E-state index contributed by atoms with van der Waals surface area (Å²) >= 11 is 0. The summed E-state index contributed by atoms with van der Waals surface area (Å²) < 4.78 is 0. The summed E-state index contributed by atoms with van der Waals surface area (Å²) in [6.07, 6.45) is 4.04. The molecule has 0 saturated carbocycles. The lowest BCUT2D eigenvalue weighted by molar-refractivity contribution is -0.384. The number of barbiturate groups is 1. The SMILES string of the molecule is CC[C@H](C)N1C(=O)NC(=O)[C@@]2(Cc3cc([N+](=O)[O-])ccc3N3CCCCC[C@@H]32)C1=O. The van der Waals surface area contributed by atoms with Gasteiger partial charge in [-0.05, 0) is 37.8 Å². The van der Waals surface area contributed by atoms with E-state index in [1.807, 2.05) is 6.92 Å². The average molecular weight is 414 g/mol. The molecule has 4 rings (SSSR count). The number of nitrogens with one attached hydrogen (secondary N) is 1. The maximum absolute atomic E-state index is 13.8. The van der Waals surface area contributed by atoms with Gasteiger partial charge < -0.3 is 4.90 Å². The molecule has 160 valence electrons. The summed E-state index contributed by atoms with van der Waals surface area (Å²) in [7, 11) is 0. The smallest absolute Gasteiger partial charge is 0.331 e. The second-order valence-electron chi connectivity index (χ2n) is 8.47. The number of hydrogen-bond donors (Lipinski definition) is 1. The van der Waals surface area contributed by atoms with E-state index in [0.717, 1.165) is 24.9 Å². The number of amides is 4. The lowest BCUT2D eigenvalue weighted by Crippen LogP contribution is -2.73. The molecule has 2 fully saturated rings. The van der Waals surface area contributed by atoms with E-state index in [9.17, 15) is 24.5 Å². The first-order chi connectivity index (χ1) is 14.3. The van der Waals surface area contributed by atoms with Crippen LogP contribution in [0.3, 0.4) is 0 Å². The van der Waals surface area contributed by atoms with Gasteiger partial charge in [0.1, 0.15) is 0 Å². The quantitative estimate of drug-likeness (QED) is 0.462. The van der Waals surface area contributed by atoms with Crippen molar-refractivity contribution in [2.24, 2.45) is 5.41 Å². The molecule has 3 atom stereocenters. The number of carbonyl (C=O) groups is 3. The van der Waals surface area contributed by atoms with Gasteiger partial charge in [-0.15, -0.1) is 0 Å². The van der Waals surface area contributed by atoms with Crippen LogP contribution in [0.15, 0.2) is 18.2 Å². The maximum Gasteiger partial charge on any atom is 0.331 e. The highest BCUT2D eigenvalue weighted by atomic mass is 16.6. The van der Waals surface area contributed by atoms with Crippen LogP contribution in [0, 0.1) is 15.5 Å². The van der Waals surface area contributed by atoms with Crippen molar-refractivity contribution >= 4 is 29.2 Å². The van der Waals surface area contributed by atoms with Crippen LogP contribution in [0.5, 0.6) is 0 Å². The number of hydrogen-bond acceptors (Lipinski definition) is 6. The molecule has 1 spiro atoms. The number of rotatable bonds is 3. The maximum atomic E-state index is 13.8. The second-order valence-corrected chi connectivity index (χ2v) is 8.47. The molecular weight excluding hydrogens is 388 g/mol. The van der Waals surface area contributed by atoms with Gasteiger partial charge >= 0.3 is 6.03 Å². The largest absolute Gasteiger partial charge is 0.367 e. The first-order valence-corrected chi connectivity index (χ1v) is 10.5. The summed E-state index contributed by atoms with van der Waals surface area (Å²) in [5, 5.41) is 13.8. The van der Waals surface area contributed by atoms with E-state index in [1.54, 1.807) is 13.0 Å². The Morgan fingerprint density at radius 3 is 2.73 bits per heavy atom. The molecule has 1 aromatic carbocycles. The number of nitro groups is 1. The van der Waals surface area contributed by atoms with Gasteiger partial charge in [-0.25, -0.2) is 4.79 Å². The van der Waals surface area contributed by atoms with Gasteiger partial charge in [0, 0.05) is 36.8 Å². The van der Waals surface area contributed by atoms with Crippen molar-refractivity contribution in [2.75, 3.05) is 11.4 Å². The highest BCUT2D eigenvalue weighted by Crippen LogP contribution is 2.48. The molecule has 0 bridgehead atoms. The van der Waals surface area contributed by atoms with Gasteiger partial charge in [0.05, 0.1) is 11.0 Å². The lowest BCUT2D eigenvalue weighted by Gasteiger charge is -2.52. The summed E-state index contributed by atoms with van der Waals surface area (Å²) in [4.78, 5) is 53.7. The van der Waals surface area contributed by atoms with Crippen molar-refractivity contribution in [2.45, 2.75) is 64.5 Å².